The summed E-state index contributed by atoms with van der Waals surface area (Å²) in [6.45, 7) is 9.45. The van der Waals surface area contributed by atoms with E-state index in [-0.39, 0.29) is 31.5 Å². The Kier molecular flexibility index (Phi) is 13.1. The summed E-state index contributed by atoms with van der Waals surface area (Å²) in [5.41, 5.74) is 2.84. The van der Waals surface area contributed by atoms with Crippen LogP contribution in [0.2, 0.25) is 0 Å². The quantitative estimate of drug-likeness (QED) is 0.135. The predicted molar refractivity (Wildman–Crippen MR) is 168 cm³/mol. The smallest absolute Gasteiger partial charge is 0.369 e. The lowest BCUT2D eigenvalue weighted by atomic mass is 10.1. The largest absolute Gasteiger partial charge is 0.372 e. The summed E-state index contributed by atoms with van der Waals surface area (Å²) in [5, 5.41) is 0.735. The number of aryl methyl sites for hydroxylation is 2. The van der Waals surface area contributed by atoms with Gasteiger partial charge in [0.15, 0.2) is 5.06 Å². The summed E-state index contributed by atoms with van der Waals surface area (Å²) in [4.78, 5) is 11.8. The van der Waals surface area contributed by atoms with E-state index in [0.717, 1.165) is 34.0 Å². The molecule has 0 aliphatic heterocycles. The average Bonchev–Trinajstić information content (AvgIpc) is 3.33. The Balaban J connectivity index is 1.87. The van der Waals surface area contributed by atoms with Crippen molar-refractivity contribution in [2.24, 2.45) is 0 Å². The van der Waals surface area contributed by atoms with E-state index in [1.54, 1.807) is 64.5 Å². The van der Waals surface area contributed by atoms with Crippen molar-refractivity contribution in [3.05, 3.63) is 69.7 Å². The lowest BCUT2D eigenvalue weighted by molar-refractivity contribution is 0.214. The first-order valence-electron chi connectivity index (χ1n) is 14.0. The fourth-order valence-corrected chi connectivity index (χ4v) is 9.78. The molecule has 0 radical (unpaired) electrons. The lowest BCUT2D eigenvalue weighted by Crippen LogP contribution is -2.20. The molecular weight excluding hydrogens is 599 g/mol. The van der Waals surface area contributed by atoms with E-state index in [2.05, 4.69) is 11.9 Å². The van der Waals surface area contributed by atoms with Crippen molar-refractivity contribution in [1.82, 2.24) is 9.97 Å². The maximum Gasteiger partial charge on any atom is 0.369 e. The molecule has 0 saturated carbocycles. The molecule has 0 atom stereocenters. The van der Waals surface area contributed by atoms with Gasteiger partial charge in [0.2, 0.25) is 0 Å². The van der Waals surface area contributed by atoms with Gasteiger partial charge in [-0.1, -0.05) is 6.07 Å². The van der Waals surface area contributed by atoms with Crippen molar-refractivity contribution >= 4 is 38.3 Å². The number of hydrogen-bond donors (Lipinski definition) is 0. The number of anilines is 1. The van der Waals surface area contributed by atoms with E-state index >= 15 is 4.39 Å². The van der Waals surface area contributed by atoms with Gasteiger partial charge in [0.1, 0.15) is 10.8 Å². The Bertz CT molecular complexity index is 1380. The third-order valence-electron chi connectivity index (χ3n) is 6.16. The summed E-state index contributed by atoms with van der Waals surface area (Å²) >= 11 is 1.64. The second kappa shape index (κ2) is 16.0. The second-order valence-electron chi connectivity index (χ2n) is 9.16. The molecule has 1 aromatic carbocycles. The van der Waals surface area contributed by atoms with Crippen LogP contribution in [0.15, 0.2) is 47.8 Å². The first-order valence-corrected chi connectivity index (χ1v) is 17.9. The molecule has 0 fully saturated rings. The number of aromatic nitrogens is 2. The average molecular weight is 640 g/mol. The minimum atomic E-state index is -4.07. The highest BCUT2D eigenvalue weighted by atomic mass is 32.1. The van der Waals surface area contributed by atoms with Crippen LogP contribution < -0.4 is 4.90 Å². The predicted octanol–water partition coefficient (Wildman–Crippen LogP) is 8.55. The van der Waals surface area contributed by atoms with Crippen LogP contribution in [-0.4, -0.2) is 50.0 Å². The zero-order valence-electron chi connectivity index (χ0n) is 25.0. The third kappa shape index (κ3) is 8.66. The van der Waals surface area contributed by atoms with Crippen LogP contribution in [-0.2, 0) is 33.6 Å². The molecule has 42 heavy (non-hydrogen) atoms. The molecule has 0 bridgehead atoms. The van der Waals surface area contributed by atoms with Gasteiger partial charge < -0.3 is 23.0 Å². The highest BCUT2D eigenvalue weighted by Crippen LogP contribution is 2.74. The fourth-order valence-electron chi connectivity index (χ4n) is 4.27. The summed E-state index contributed by atoms with van der Waals surface area (Å²) in [6.07, 6.45) is 6.39. The maximum atomic E-state index is 15.0. The van der Waals surface area contributed by atoms with Gasteiger partial charge in [0, 0.05) is 36.4 Å². The highest BCUT2D eigenvalue weighted by Gasteiger charge is 2.45. The zero-order chi connectivity index (χ0) is 30.8. The van der Waals surface area contributed by atoms with Gasteiger partial charge in [-0.05, 0) is 83.4 Å². The number of hydrogen-bond acceptors (Lipinski definition) is 10. The Morgan fingerprint density at radius 3 is 2.07 bits per heavy atom. The molecule has 13 heteroatoms. The molecule has 2 heterocycles. The SMILES string of the molecule is CCOP(=O)(OCC)C(=Cc1ccc(F)c(N(C)CCCc2nc(-c3ccncc3)sc2C)c1)P(=O)(OCC)OCC. The van der Waals surface area contributed by atoms with Crippen LogP contribution in [0.25, 0.3) is 16.6 Å². The van der Waals surface area contributed by atoms with Gasteiger partial charge in [-0.3, -0.25) is 14.1 Å². The molecule has 0 unspecified atom stereocenters. The normalized spacial score (nSPS) is 12.0. The van der Waals surface area contributed by atoms with Gasteiger partial charge in [0.05, 0.1) is 37.8 Å². The van der Waals surface area contributed by atoms with Crippen LogP contribution >= 0.6 is 26.5 Å². The van der Waals surface area contributed by atoms with Crippen molar-refractivity contribution in [2.75, 3.05) is 44.9 Å². The highest BCUT2D eigenvalue weighted by molar-refractivity contribution is 7.79. The minimum absolute atomic E-state index is 0.0484. The number of thiazole rings is 1. The molecule has 0 spiro atoms. The Morgan fingerprint density at radius 2 is 1.52 bits per heavy atom. The minimum Gasteiger partial charge on any atom is -0.372 e. The van der Waals surface area contributed by atoms with Crippen molar-refractivity contribution < 1.29 is 31.6 Å². The molecule has 2 aromatic heterocycles. The Hall–Kier alpha value is -2.23. The Labute approximate surface area is 252 Å². The van der Waals surface area contributed by atoms with Crippen molar-refractivity contribution in [3.63, 3.8) is 0 Å². The number of nitrogens with zero attached hydrogens (tertiary/aromatic N) is 3. The van der Waals surface area contributed by atoms with Gasteiger partial charge >= 0.3 is 15.2 Å². The van der Waals surface area contributed by atoms with E-state index in [1.807, 2.05) is 17.0 Å². The van der Waals surface area contributed by atoms with E-state index in [0.29, 0.717) is 17.8 Å². The third-order valence-corrected chi connectivity index (χ3v) is 12.5. The topological polar surface area (TPSA) is 100 Å². The first-order chi connectivity index (χ1) is 20.1. The van der Waals surface area contributed by atoms with Crippen LogP contribution in [0.4, 0.5) is 10.1 Å². The monoisotopic (exact) mass is 639 g/mol. The standard InChI is InChI=1S/C29H40FN3O6P2S/c1-7-36-40(34,37-8-2)28(41(35,38-9-3)39-10-4)21-23-13-14-25(30)27(20-23)33(6)19-11-12-26-22(5)42-29(32-26)24-15-17-31-18-16-24/h13-18,20-21H,7-12,19H2,1-6H3. The molecule has 0 N–H and O–H groups in total. The van der Waals surface area contributed by atoms with Crippen LogP contribution in [0.1, 0.15) is 50.3 Å². The van der Waals surface area contributed by atoms with Gasteiger partial charge in [-0.25, -0.2) is 9.37 Å². The molecular formula is C29H40FN3O6P2S. The van der Waals surface area contributed by atoms with Crippen molar-refractivity contribution in [2.45, 2.75) is 47.5 Å². The van der Waals surface area contributed by atoms with E-state index in [4.69, 9.17) is 23.1 Å². The number of benzene rings is 1. The van der Waals surface area contributed by atoms with Gasteiger partial charge in [0.25, 0.3) is 0 Å². The maximum absolute atomic E-state index is 15.0. The van der Waals surface area contributed by atoms with Crippen molar-refractivity contribution in [1.29, 1.82) is 0 Å². The van der Waals surface area contributed by atoms with Gasteiger partial charge in [-0.2, -0.15) is 0 Å². The summed E-state index contributed by atoms with van der Waals surface area (Å²) < 4.78 is 64.8. The molecule has 0 aliphatic carbocycles. The first kappa shape index (κ1) is 34.3. The molecule has 0 aliphatic rings. The zero-order valence-corrected chi connectivity index (χ0v) is 27.6. The van der Waals surface area contributed by atoms with E-state index in [1.165, 1.54) is 18.2 Å². The van der Waals surface area contributed by atoms with E-state index in [9.17, 15) is 9.13 Å². The Morgan fingerprint density at radius 1 is 0.952 bits per heavy atom. The molecule has 230 valence electrons. The number of pyridine rings is 1. The summed E-state index contributed by atoms with van der Waals surface area (Å²) in [5.74, 6) is -0.420. The fraction of sp³-hybridized carbons (Fsp3) is 0.448. The van der Waals surface area contributed by atoms with Crippen molar-refractivity contribution in [3.8, 4) is 10.6 Å². The molecule has 3 aromatic rings. The number of halogens is 1. The molecule has 3 rings (SSSR count). The molecule has 9 nitrogen and oxygen atoms in total. The summed E-state index contributed by atoms with van der Waals surface area (Å²) in [7, 11) is -6.34. The van der Waals surface area contributed by atoms with Gasteiger partial charge in [-0.15, -0.1) is 11.3 Å². The lowest BCUT2D eigenvalue weighted by Gasteiger charge is -2.26. The van der Waals surface area contributed by atoms with Crippen LogP contribution in [0.3, 0.4) is 0 Å². The second-order valence-corrected chi connectivity index (χ2v) is 14.7. The van der Waals surface area contributed by atoms with Crippen LogP contribution in [0, 0.1) is 12.7 Å². The summed E-state index contributed by atoms with van der Waals surface area (Å²) in [6, 6.07) is 8.31. The molecule has 0 amide bonds. The van der Waals surface area contributed by atoms with Crippen LogP contribution in [0.5, 0.6) is 0 Å². The number of rotatable bonds is 17. The molecule has 0 saturated heterocycles. The van der Waals surface area contributed by atoms with E-state index < -0.39 is 21.0 Å².